The number of hydrogen-bond acceptors (Lipinski definition) is 3. The third-order valence-corrected chi connectivity index (χ3v) is 4.05. The summed E-state index contributed by atoms with van der Waals surface area (Å²) in [6.45, 7) is 6.17. The molecule has 0 amide bonds. The molecule has 2 aromatic rings. The van der Waals surface area contributed by atoms with E-state index >= 15 is 0 Å². The van der Waals surface area contributed by atoms with Crippen LogP contribution in [-0.2, 0) is 16.0 Å². The highest BCUT2D eigenvalue weighted by Gasteiger charge is 2.15. The van der Waals surface area contributed by atoms with Gasteiger partial charge >= 0.3 is 0 Å². The Labute approximate surface area is 126 Å². The molecular weight excluding hydrogens is 264 g/mol. The maximum atomic E-state index is 5.56. The first-order chi connectivity index (χ1) is 10.3. The zero-order chi connectivity index (χ0) is 14.5. The number of likely N-dealkylation sites (N-methyl/N-ethyl adjacent to an activating group) is 1. The SMILES string of the molecule is CN(CCn1ccc2ccccc21)CC1COCCOC1. The summed E-state index contributed by atoms with van der Waals surface area (Å²) >= 11 is 0. The summed E-state index contributed by atoms with van der Waals surface area (Å²) in [6, 6.07) is 10.7. The first-order valence-electron chi connectivity index (χ1n) is 7.71. The van der Waals surface area contributed by atoms with Crippen LogP contribution >= 0.6 is 0 Å². The van der Waals surface area contributed by atoms with E-state index in [1.165, 1.54) is 10.9 Å². The van der Waals surface area contributed by atoms with Crippen LogP contribution in [0.15, 0.2) is 36.5 Å². The van der Waals surface area contributed by atoms with Crippen molar-refractivity contribution in [1.29, 1.82) is 0 Å². The minimum atomic E-state index is 0.485. The molecule has 3 rings (SSSR count). The van der Waals surface area contributed by atoms with Crippen molar-refractivity contribution in [2.24, 2.45) is 5.92 Å². The molecule has 21 heavy (non-hydrogen) atoms. The van der Waals surface area contributed by atoms with Gasteiger partial charge in [0.1, 0.15) is 0 Å². The van der Waals surface area contributed by atoms with Crippen LogP contribution in [0.2, 0.25) is 0 Å². The van der Waals surface area contributed by atoms with Gasteiger partial charge in [-0.3, -0.25) is 0 Å². The second-order valence-electron chi connectivity index (χ2n) is 5.85. The Morgan fingerprint density at radius 2 is 1.90 bits per heavy atom. The van der Waals surface area contributed by atoms with Crippen molar-refractivity contribution in [3.63, 3.8) is 0 Å². The molecule has 1 aromatic heterocycles. The number of ether oxygens (including phenoxy) is 2. The van der Waals surface area contributed by atoms with Crippen LogP contribution in [0.1, 0.15) is 0 Å². The number of fused-ring (bicyclic) bond motifs is 1. The van der Waals surface area contributed by atoms with Crippen molar-refractivity contribution >= 4 is 10.9 Å². The fraction of sp³-hybridized carbons (Fsp3) is 0.529. The first-order valence-corrected chi connectivity index (χ1v) is 7.71. The van der Waals surface area contributed by atoms with Gasteiger partial charge in [-0.1, -0.05) is 18.2 Å². The molecule has 0 aliphatic carbocycles. The maximum Gasteiger partial charge on any atom is 0.0700 e. The number of benzene rings is 1. The van der Waals surface area contributed by atoms with Crippen LogP contribution in [0.5, 0.6) is 0 Å². The normalized spacial score (nSPS) is 17.4. The summed E-state index contributed by atoms with van der Waals surface area (Å²) < 4.78 is 13.4. The summed E-state index contributed by atoms with van der Waals surface area (Å²) in [5, 5.41) is 1.31. The Balaban J connectivity index is 1.52. The number of hydrogen-bond donors (Lipinski definition) is 0. The Hall–Kier alpha value is -1.36. The van der Waals surface area contributed by atoms with Crippen molar-refractivity contribution in [2.45, 2.75) is 6.54 Å². The summed E-state index contributed by atoms with van der Waals surface area (Å²) in [5.41, 5.74) is 1.31. The van der Waals surface area contributed by atoms with Gasteiger partial charge in [0.2, 0.25) is 0 Å². The Morgan fingerprint density at radius 3 is 2.71 bits per heavy atom. The van der Waals surface area contributed by atoms with Crippen molar-refractivity contribution < 1.29 is 9.47 Å². The molecule has 1 aromatic carbocycles. The van der Waals surface area contributed by atoms with Crippen LogP contribution < -0.4 is 0 Å². The lowest BCUT2D eigenvalue weighted by atomic mass is 10.1. The van der Waals surface area contributed by atoms with Gasteiger partial charge in [0, 0.05) is 37.3 Å². The van der Waals surface area contributed by atoms with E-state index in [-0.39, 0.29) is 0 Å². The van der Waals surface area contributed by atoms with Crippen LogP contribution in [-0.4, -0.2) is 56.0 Å². The minimum absolute atomic E-state index is 0.485. The Morgan fingerprint density at radius 1 is 1.14 bits per heavy atom. The molecule has 0 atom stereocenters. The van der Waals surface area contributed by atoms with E-state index in [9.17, 15) is 0 Å². The monoisotopic (exact) mass is 288 g/mol. The molecule has 0 saturated carbocycles. The molecule has 1 saturated heterocycles. The van der Waals surface area contributed by atoms with Crippen LogP contribution in [0.4, 0.5) is 0 Å². The molecule has 0 N–H and O–H groups in total. The van der Waals surface area contributed by atoms with E-state index in [4.69, 9.17) is 9.47 Å². The molecule has 2 heterocycles. The smallest absolute Gasteiger partial charge is 0.0700 e. The van der Waals surface area contributed by atoms with E-state index in [2.05, 4.69) is 53.0 Å². The Bertz CT molecular complexity index is 559. The number of aromatic nitrogens is 1. The molecule has 0 bridgehead atoms. The van der Waals surface area contributed by atoms with E-state index < -0.39 is 0 Å². The number of rotatable bonds is 5. The van der Waals surface area contributed by atoms with Gasteiger partial charge in [-0.15, -0.1) is 0 Å². The maximum absolute atomic E-state index is 5.56. The highest BCUT2D eigenvalue weighted by atomic mass is 16.5. The van der Waals surface area contributed by atoms with Gasteiger partial charge in [0.05, 0.1) is 26.4 Å². The minimum Gasteiger partial charge on any atom is -0.379 e. The van der Waals surface area contributed by atoms with Crippen molar-refractivity contribution in [2.75, 3.05) is 46.6 Å². The number of nitrogens with zero attached hydrogens (tertiary/aromatic N) is 2. The molecule has 0 radical (unpaired) electrons. The lowest BCUT2D eigenvalue weighted by Gasteiger charge is -2.22. The number of para-hydroxylation sites is 1. The van der Waals surface area contributed by atoms with E-state index in [1.54, 1.807) is 0 Å². The molecule has 4 heteroatoms. The fourth-order valence-corrected chi connectivity index (χ4v) is 2.92. The molecule has 0 unspecified atom stereocenters. The largest absolute Gasteiger partial charge is 0.379 e. The molecule has 1 aliphatic heterocycles. The van der Waals surface area contributed by atoms with Crippen molar-refractivity contribution in [3.05, 3.63) is 36.5 Å². The predicted octanol–water partition coefficient (Wildman–Crippen LogP) is 2.24. The zero-order valence-electron chi connectivity index (χ0n) is 12.7. The fourth-order valence-electron chi connectivity index (χ4n) is 2.92. The second kappa shape index (κ2) is 7.07. The quantitative estimate of drug-likeness (QED) is 0.844. The molecule has 1 fully saturated rings. The summed E-state index contributed by atoms with van der Waals surface area (Å²) in [4.78, 5) is 2.37. The van der Waals surface area contributed by atoms with Crippen molar-refractivity contribution in [3.8, 4) is 0 Å². The molecular formula is C17H24N2O2. The van der Waals surface area contributed by atoms with Gasteiger partial charge in [-0.2, -0.15) is 0 Å². The van der Waals surface area contributed by atoms with Crippen molar-refractivity contribution in [1.82, 2.24) is 9.47 Å². The van der Waals surface area contributed by atoms with E-state index in [1.807, 2.05) is 0 Å². The molecule has 4 nitrogen and oxygen atoms in total. The average Bonchev–Trinajstić information content (AvgIpc) is 2.74. The predicted molar refractivity (Wildman–Crippen MR) is 84.6 cm³/mol. The lowest BCUT2D eigenvalue weighted by molar-refractivity contribution is 0.103. The summed E-state index contributed by atoms with van der Waals surface area (Å²) in [6.07, 6.45) is 2.18. The van der Waals surface area contributed by atoms with Crippen LogP contribution in [0.25, 0.3) is 10.9 Å². The van der Waals surface area contributed by atoms with Crippen LogP contribution in [0.3, 0.4) is 0 Å². The molecule has 0 spiro atoms. The third kappa shape index (κ3) is 3.84. The average molecular weight is 288 g/mol. The lowest BCUT2D eigenvalue weighted by Crippen LogP contribution is -2.32. The first kappa shape index (κ1) is 14.6. The Kier molecular flexibility index (Phi) is 4.91. The molecule has 114 valence electrons. The highest BCUT2D eigenvalue weighted by Crippen LogP contribution is 2.15. The van der Waals surface area contributed by atoms with Gasteiger partial charge in [-0.05, 0) is 24.6 Å². The summed E-state index contributed by atoms with van der Waals surface area (Å²) in [5.74, 6) is 0.485. The second-order valence-corrected chi connectivity index (χ2v) is 5.85. The van der Waals surface area contributed by atoms with Gasteiger partial charge < -0.3 is 18.9 Å². The van der Waals surface area contributed by atoms with Gasteiger partial charge in [-0.25, -0.2) is 0 Å². The molecule has 1 aliphatic rings. The van der Waals surface area contributed by atoms with Gasteiger partial charge in [0.25, 0.3) is 0 Å². The van der Waals surface area contributed by atoms with Crippen LogP contribution in [0, 0.1) is 5.92 Å². The van der Waals surface area contributed by atoms with E-state index in [0.29, 0.717) is 5.92 Å². The summed E-state index contributed by atoms with van der Waals surface area (Å²) in [7, 11) is 2.18. The van der Waals surface area contributed by atoms with Gasteiger partial charge in [0.15, 0.2) is 0 Å². The standard InChI is InChI=1S/C17H24N2O2/c1-18(12-15-13-20-10-11-21-14-15)8-9-19-7-6-16-4-2-3-5-17(16)19/h2-7,15H,8-14H2,1H3. The topological polar surface area (TPSA) is 26.6 Å². The highest BCUT2D eigenvalue weighted by molar-refractivity contribution is 5.79. The van der Waals surface area contributed by atoms with E-state index in [0.717, 1.165) is 46.1 Å². The third-order valence-electron chi connectivity index (χ3n) is 4.05. The zero-order valence-corrected chi connectivity index (χ0v) is 12.7.